The van der Waals surface area contributed by atoms with Crippen molar-refractivity contribution in [3.63, 3.8) is 0 Å². The standard InChI is InChI=1S/C22H25N3O2S/c1-16-6-3-4-7-17(16)14-27-15-20-19-13-25(10-9-21(19)24(2)23-20)22(26)12-18-8-5-11-28-18/h3-8,11H,9-10,12-15H2,1-2H3. The number of aromatic nitrogens is 2. The normalized spacial score (nSPS) is 13.6. The van der Waals surface area contributed by atoms with Crippen molar-refractivity contribution in [1.82, 2.24) is 14.7 Å². The van der Waals surface area contributed by atoms with Gasteiger partial charge in [0.1, 0.15) is 0 Å². The molecule has 28 heavy (non-hydrogen) atoms. The lowest BCUT2D eigenvalue weighted by Crippen LogP contribution is -2.37. The average Bonchev–Trinajstić information content (AvgIpc) is 3.31. The molecule has 0 spiro atoms. The molecule has 0 N–H and O–H groups in total. The molecule has 0 fully saturated rings. The van der Waals surface area contributed by atoms with E-state index in [4.69, 9.17) is 4.74 Å². The summed E-state index contributed by atoms with van der Waals surface area (Å²) >= 11 is 1.63. The third-order valence-electron chi connectivity index (χ3n) is 5.34. The number of amides is 1. The minimum atomic E-state index is 0.184. The number of fused-ring (bicyclic) bond motifs is 1. The molecular weight excluding hydrogens is 370 g/mol. The number of benzene rings is 1. The van der Waals surface area contributed by atoms with Crippen molar-refractivity contribution < 1.29 is 9.53 Å². The first kappa shape index (κ1) is 18.9. The minimum absolute atomic E-state index is 0.184. The van der Waals surface area contributed by atoms with Crippen molar-refractivity contribution in [3.05, 3.63) is 74.7 Å². The third-order valence-corrected chi connectivity index (χ3v) is 6.22. The van der Waals surface area contributed by atoms with Gasteiger partial charge in [0.05, 0.1) is 25.3 Å². The van der Waals surface area contributed by atoms with E-state index in [2.05, 4.69) is 24.2 Å². The van der Waals surface area contributed by atoms with E-state index in [-0.39, 0.29) is 5.91 Å². The number of thiophene rings is 1. The van der Waals surface area contributed by atoms with Crippen LogP contribution in [0.4, 0.5) is 0 Å². The molecular formula is C22H25N3O2S. The van der Waals surface area contributed by atoms with E-state index >= 15 is 0 Å². The Hall–Kier alpha value is -2.44. The fourth-order valence-corrected chi connectivity index (χ4v) is 4.40. The van der Waals surface area contributed by atoms with Gasteiger partial charge in [0.15, 0.2) is 0 Å². The molecule has 0 aliphatic carbocycles. The number of hydrogen-bond donors (Lipinski definition) is 0. The number of nitrogens with zero attached hydrogens (tertiary/aromatic N) is 3. The zero-order valence-corrected chi connectivity index (χ0v) is 17.2. The summed E-state index contributed by atoms with van der Waals surface area (Å²) in [5, 5.41) is 6.69. The van der Waals surface area contributed by atoms with Crippen molar-refractivity contribution in [2.45, 2.75) is 39.5 Å². The van der Waals surface area contributed by atoms with Crippen LogP contribution in [0.5, 0.6) is 0 Å². The topological polar surface area (TPSA) is 47.4 Å². The summed E-state index contributed by atoms with van der Waals surface area (Å²) in [6.45, 7) is 4.50. The van der Waals surface area contributed by atoms with Gasteiger partial charge in [-0.15, -0.1) is 11.3 Å². The predicted molar refractivity (Wildman–Crippen MR) is 110 cm³/mol. The zero-order chi connectivity index (χ0) is 19.5. The Morgan fingerprint density at radius 3 is 2.86 bits per heavy atom. The van der Waals surface area contributed by atoms with Crippen molar-refractivity contribution >= 4 is 17.2 Å². The highest BCUT2D eigenvalue weighted by atomic mass is 32.1. The maximum absolute atomic E-state index is 12.7. The molecule has 3 heterocycles. The van der Waals surface area contributed by atoms with Crippen LogP contribution in [0.25, 0.3) is 0 Å². The van der Waals surface area contributed by atoms with Crippen molar-refractivity contribution in [1.29, 1.82) is 0 Å². The Kier molecular flexibility index (Phi) is 5.59. The van der Waals surface area contributed by atoms with Gasteiger partial charge in [-0.05, 0) is 29.5 Å². The summed E-state index contributed by atoms with van der Waals surface area (Å²) < 4.78 is 7.92. The van der Waals surface area contributed by atoms with Crippen molar-refractivity contribution in [3.8, 4) is 0 Å². The summed E-state index contributed by atoms with van der Waals surface area (Å²) in [6, 6.07) is 12.3. The number of aryl methyl sites for hydroxylation is 2. The van der Waals surface area contributed by atoms with E-state index in [1.54, 1.807) is 11.3 Å². The van der Waals surface area contributed by atoms with Gasteiger partial charge in [-0.25, -0.2) is 0 Å². The first-order chi connectivity index (χ1) is 13.6. The summed E-state index contributed by atoms with van der Waals surface area (Å²) in [4.78, 5) is 15.8. The molecule has 2 aromatic heterocycles. The second kappa shape index (κ2) is 8.29. The molecule has 1 amide bonds. The number of rotatable bonds is 6. The SMILES string of the molecule is Cc1ccccc1COCc1nn(C)c2c1CN(C(=O)Cc1cccs1)CC2. The zero-order valence-electron chi connectivity index (χ0n) is 16.4. The second-order valence-electron chi connectivity index (χ2n) is 7.24. The highest BCUT2D eigenvalue weighted by Crippen LogP contribution is 2.24. The quantitative estimate of drug-likeness (QED) is 0.640. The van der Waals surface area contributed by atoms with Gasteiger partial charge < -0.3 is 9.64 Å². The lowest BCUT2D eigenvalue weighted by atomic mass is 10.0. The highest BCUT2D eigenvalue weighted by Gasteiger charge is 2.26. The largest absolute Gasteiger partial charge is 0.370 e. The first-order valence-corrected chi connectivity index (χ1v) is 10.5. The molecule has 146 valence electrons. The smallest absolute Gasteiger partial charge is 0.228 e. The number of carbonyl (C=O) groups excluding carboxylic acids is 1. The van der Waals surface area contributed by atoms with Crippen LogP contribution in [-0.4, -0.2) is 27.1 Å². The van der Waals surface area contributed by atoms with Crippen LogP contribution in [0.15, 0.2) is 41.8 Å². The molecule has 1 aliphatic heterocycles. The van der Waals surface area contributed by atoms with Crippen molar-refractivity contribution in [2.75, 3.05) is 6.54 Å². The predicted octanol–water partition coefficient (Wildman–Crippen LogP) is 3.63. The molecule has 6 heteroatoms. The summed E-state index contributed by atoms with van der Waals surface area (Å²) in [7, 11) is 1.98. The Labute approximate surface area is 169 Å². The van der Waals surface area contributed by atoms with Crippen LogP contribution in [0.1, 0.15) is 33.0 Å². The molecule has 0 saturated heterocycles. The first-order valence-electron chi connectivity index (χ1n) is 9.58. The van der Waals surface area contributed by atoms with E-state index in [0.717, 1.165) is 29.1 Å². The Morgan fingerprint density at radius 2 is 2.07 bits per heavy atom. The molecule has 1 aliphatic rings. The number of hydrogen-bond acceptors (Lipinski definition) is 4. The number of ether oxygens (including phenoxy) is 1. The lowest BCUT2D eigenvalue weighted by molar-refractivity contribution is -0.131. The fraction of sp³-hybridized carbons (Fsp3) is 0.364. The van der Waals surface area contributed by atoms with Gasteiger partial charge in [-0.3, -0.25) is 9.48 Å². The van der Waals surface area contributed by atoms with E-state index < -0.39 is 0 Å². The van der Waals surface area contributed by atoms with Gasteiger partial charge >= 0.3 is 0 Å². The minimum Gasteiger partial charge on any atom is -0.370 e. The molecule has 0 bridgehead atoms. The molecule has 0 saturated carbocycles. The van der Waals surface area contributed by atoms with E-state index in [1.165, 1.54) is 16.8 Å². The molecule has 4 rings (SSSR count). The second-order valence-corrected chi connectivity index (χ2v) is 8.27. The molecule has 0 atom stereocenters. The van der Waals surface area contributed by atoms with Crippen LogP contribution in [0.2, 0.25) is 0 Å². The van der Waals surface area contributed by atoms with E-state index in [1.807, 2.05) is 46.3 Å². The monoisotopic (exact) mass is 395 g/mol. The molecule has 0 unspecified atom stereocenters. The van der Waals surface area contributed by atoms with Gasteiger partial charge in [0.2, 0.25) is 5.91 Å². The van der Waals surface area contributed by atoms with E-state index in [0.29, 0.717) is 26.2 Å². The molecule has 0 radical (unpaired) electrons. The van der Waals surface area contributed by atoms with Crippen molar-refractivity contribution in [2.24, 2.45) is 7.05 Å². The maximum Gasteiger partial charge on any atom is 0.228 e. The van der Waals surface area contributed by atoms with Crippen LogP contribution < -0.4 is 0 Å². The highest BCUT2D eigenvalue weighted by molar-refractivity contribution is 7.10. The van der Waals surface area contributed by atoms with Crippen LogP contribution in [0, 0.1) is 6.92 Å². The third kappa shape index (κ3) is 4.03. The lowest BCUT2D eigenvalue weighted by Gasteiger charge is -2.27. The molecule has 5 nitrogen and oxygen atoms in total. The summed E-state index contributed by atoms with van der Waals surface area (Å²) in [5.41, 5.74) is 5.74. The summed E-state index contributed by atoms with van der Waals surface area (Å²) in [5.74, 6) is 0.184. The van der Waals surface area contributed by atoms with Crippen LogP contribution in [0.3, 0.4) is 0 Å². The van der Waals surface area contributed by atoms with Crippen LogP contribution >= 0.6 is 11.3 Å². The Balaban J connectivity index is 1.42. The average molecular weight is 396 g/mol. The summed E-state index contributed by atoms with van der Waals surface area (Å²) in [6.07, 6.45) is 1.32. The van der Waals surface area contributed by atoms with Crippen LogP contribution in [-0.2, 0) is 49.2 Å². The Bertz CT molecular complexity index is 962. The number of carbonyl (C=O) groups is 1. The fourth-order valence-electron chi connectivity index (χ4n) is 3.70. The van der Waals surface area contributed by atoms with E-state index in [9.17, 15) is 4.79 Å². The molecule has 3 aromatic rings. The van der Waals surface area contributed by atoms with Gasteiger partial charge in [-0.1, -0.05) is 30.3 Å². The Morgan fingerprint density at radius 1 is 1.21 bits per heavy atom. The maximum atomic E-state index is 12.7. The van der Waals surface area contributed by atoms with Gasteiger partial charge in [0, 0.05) is 42.7 Å². The molecule has 1 aromatic carbocycles. The van der Waals surface area contributed by atoms with Gasteiger partial charge in [0.25, 0.3) is 0 Å². The van der Waals surface area contributed by atoms with Gasteiger partial charge in [-0.2, -0.15) is 5.10 Å².